The second-order valence-electron chi connectivity index (χ2n) is 8.36. The number of carbonyl (C=O) groups is 1. The SMILES string of the molecule is COc1cc(/C=C2\CCCN(C(c3ccc(F)cc3)[C@H](C)O)C2=O)ccc1-n1cnc(C)c1. The molecule has 1 aliphatic rings. The zero-order valence-corrected chi connectivity index (χ0v) is 19.0. The highest BCUT2D eigenvalue weighted by atomic mass is 19.1. The molecule has 1 aliphatic heterocycles. The van der Waals surface area contributed by atoms with E-state index < -0.39 is 12.1 Å². The monoisotopic (exact) mass is 449 g/mol. The molecule has 4 rings (SSSR count). The molecule has 1 amide bonds. The minimum absolute atomic E-state index is 0.121. The molecule has 0 aliphatic carbocycles. The molecule has 172 valence electrons. The molecule has 0 spiro atoms. The lowest BCUT2D eigenvalue weighted by Crippen LogP contribution is -2.43. The Kier molecular flexibility index (Phi) is 6.60. The smallest absolute Gasteiger partial charge is 0.250 e. The number of benzene rings is 2. The molecule has 0 bridgehead atoms. The van der Waals surface area contributed by atoms with E-state index in [4.69, 9.17) is 4.74 Å². The van der Waals surface area contributed by atoms with Crippen LogP contribution >= 0.6 is 0 Å². The van der Waals surface area contributed by atoms with Crippen LogP contribution in [-0.4, -0.2) is 45.2 Å². The van der Waals surface area contributed by atoms with E-state index >= 15 is 0 Å². The van der Waals surface area contributed by atoms with E-state index in [-0.39, 0.29) is 11.7 Å². The van der Waals surface area contributed by atoms with Crippen LogP contribution in [0.2, 0.25) is 0 Å². The van der Waals surface area contributed by atoms with Gasteiger partial charge in [0, 0.05) is 18.3 Å². The molecule has 1 unspecified atom stereocenters. The summed E-state index contributed by atoms with van der Waals surface area (Å²) in [5.74, 6) is 0.205. The molecule has 1 N–H and O–H groups in total. The number of hydrogen-bond donors (Lipinski definition) is 1. The fourth-order valence-corrected chi connectivity index (χ4v) is 4.36. The summed E-state index contributed by atoms with van der Waals surface area (Å²) < 4.78 is 20.9. The molecule has 7 heteroatoms. The number of ether oxygens (including phenoxy) is 1. The van der Waals surface area contributed by atoms with E-state index in [9.17, 15) is 14.3 Å². The first-order chi connectivity index (χ1) is 15.9. The summed E-state index contributed by atoms with van der Waals surface area (Å²) in [6, 6.07) is 11.2. The number of methoxy groups -OCH3 is 1. The number of likely N-dealkylation sites (tertiary alicyclic amines) is 1. The Hall–Kier alpha value is -3.45. The van der Waals surface area contributed by atoms with Crippen LogP contribution in [-0.2, 0) is 4.79 Å². The highest BCUT2D eigenvalue weighted by molar-refractivity contribution is 5.99. The van der Waals surface area contributed by atoms with E-state index in [2.05, 4.69) is 4.98 Å². The van der Waals surface area contributed by atoms with Crippen LogP contribution in [0.3, 0.4) is 0 Å². The number of piperidine rings is 1. The van der Waals surface area contributed by atoms with E-state index in [1.54, 1.807) is 37.4 Å². The van der Waals surface area contributed by atoms with Gasteiger partial charge < -0.3 is 19.3 Å². The van der Waals surface area contributed by atoms with Crippen LogP contribution in [0.25, 0.3) is 11.8 Å². The fourth-order valence-electron chi connectivity index (χ4n) is 4.36. The molecular formula is C26H28FN3O3. The van der Waals surface area contributed by atoms with Crippen molar-refractivity contribution in [3.05, 3.63) is 83.2 Å². The Labute approximate surface area is 192 Å². The van der Waals surface area contributed by atoms with Gasteiger partial charge in [-0.25, -0.2) is 9.37 Å². The highest BCUT2D eigenvalue weighted by Crippen LogP contribution is 2.32. The molecular weight excluding hydrogens is 421 g/mol. The summed E-state index contributed by atoms with van der Waals surface area (Å²) in [6.45, 7) is 4.11. The fraction of sp³-hybridized carbons (Fsp3) is 0.308. The number of carbonyl (C=O) groups excluding carboxylic acids is 1. The first-order valence-corrected chi connectivity index (χ1v) is 11.0. The molecule has 3 aromatic rings. The summed E-state index contributed by atoms with van der Waals surface area (Å²) in [5.41, 5.74) is 4.00. The Morgan fingerprint density at radius 3 is 2.61 bits per heavy atom. The van der Waals surface area contributed by atoms with Crippen molar-refractivity contribution in [2.45, 2.75) is 38.8 Å². The van der Waals surface area contributed by atoms with E-state index in [1.165, 1.54) is 12.1 Å². The van der Waals surface area contributed by atoms with Crippen molar-refractivity contribution in [3.63, 3.8) is 0 Å². The molecule has 33 heavy (non-hydrogen) atoms. The molecule has 1 saturated heterocycles. The van der Waals surface area contributed by atoms with Gasteiger partial charge in [-0.2, -0.15) is 0 Å². The standard InChI is InChI=1S/C26H28FN3O3/c1-17-15-29(16-28-17)23-11-6-19(14-24(23)33-3)13-21-5-4-12-30(26(21)32)25(18(2)31)20-7-9-22(27)10-8-20/h6-11,13-16,18,25,31H,4-5,12H2,1-3H3/b21-13+/t18-,25?/m0/s1. The number of aliphatic hydroxyl groups is 1. The quantitative estimate of drug-likeness (QED) is 0.565. The Morgan fingerprint density at radius 2 is 1.97 bits per heavy atom. The van der Waals surface area contributed by atoms with Gasteiger partial charge in [0.2, 0.25) is 5.91 Å². The second-order valence-corrected chi connectivity index (χ2v) is 8.36. The third-order valence-corrected chi connectivity index (χ3v) is 5.92. The Balaban J connectivity index is 1.63. The van der Waals surface area contributed by atoms with Crippen LogP contribution in [0, 0.1) is 12.7 Å². The van der Waals surface area contributed by atoms with Crippen molar-refractivity contribution >= 4 is 12.0 Å². The molecule has 1 fully saturated rings. The number of halogens is 1. The van der Waals surface area contributed by atoms with Gasteiger partial charge in [-0.3, -0.25) is 4.79 Å². The number of nitrogens with zero attached hydrogens (tertiary/aromatic N) is 3. The number of hydrogen-bond acceptors (Lipinski definition) is 4. The molecule has 2 aromatic carbocycles. The predicted molar refractivity (Wildman–Crippen MR) is 125 cm³/mol. The molecule has 2 heterocycles. The summed E-state index contributed by atoms with van der Waals surface area (Å²) in [7, 11) is 1.61. The minimum atomic E-state index is -0.795. The van der Waals surface area contributed by atoms with Crippen LogP contribution in [0.5, 0.6) is 5.75 Å². The summed E-state index contributed by atoms with van der Waals surface area (Å²) in [6.07, 6.45) is 6.17. The van der Waals surface area contributed by atoms with Crippen molar-refractivity contribution in [1.82, 2.24) is 14.5 Å². The lowest BCUT2D eigenvalue weighted by molar-refractivity contribution is -0.133. The lowest BCUT2D eigenvalue weighted by atomic mass is 9.94. The number of aliphatic hydroxyl groups excluding tert-OH is 1. The van der Waals surface area contributed by atoms with Gasteiger partial charge in [0.15, 0.2) is 0 Å². The number of amides is 1. The van der Waals surface area contributed by atoms with Gasteiger partial charge >= 0.3 is 0 Å². The normalized spacial score (nSPS) is 17.3. The molecule has 1 aromatic heterocycles. The van der Waals surface area contributed by atoms with Crippen molar-refractivity contribution in [2.75, 3.05) is 13.7 Å². The molecule has 0 radical (unpaired) electrons. The lowest BCUT2D eigenvalue weighted by Gasteiger charge is -2.37. The van der Waals surface area contributed by atoms with E-state index in [0.29, 0.717) is 29.9 Å². The van der Waals surface area contributed by atoms with Gasteiger partial charge in [0.05, 0.1) is 37.0 Å². The topological polar surface area (TPSA) is 67.6 Å². The summed E-state index contributed by atoms with van der Waals surface area (Å²) in [4.78, 5) is 19.3. The van der Waals surface area contributed by atoms with Gasteiger partial charge in [-0.1, -0.05) is 18.2 Å². The average Bonchev–Trinajstić information content (AvgIpc) is 3.23. The van der Waals surface area contributed by atoms with Gasteiger partial charge in [-0.05, 0) is 68.2 Å². The van der Waals surface area contributed by atoms with Crippen LogP contribution in [0.15, 0.2) is 60.6 Å². The Morgan fingerprint density at radius 1 is 1.21 bits per heavy atom. The largest absolute Gasteiger partial charge is 0.495 e. The van der Waals surface area contributed by atoms with Crippen molar-refractivity contribution in [1.29, 1.82) is 0 Å². The number of rotatable bonds is 6. The zero-order valence-electron chi connectivity index (χ0n) is 19.0. The van der Waals surface area contributed by atoms with Crippen molar-refractivity contribution in [3.8, 4) is 11.4 Å². The van der Waals surface area contributed by atoms with E-state index in [0.717, 1.165) is 23.4 Å². The zero-order chi connectivity index (χ0) is 23.5. The average molecular weight is 450 g/mol. The second kappa shape index (κ2) is 9.58. The summed E-state index contributed by atoms with van der Waals surface area (Å²) >= 11 is 0. The van der Waals surface area contributed by atoms with Crippen LogP contribution < -0.4 is 4.74 Å². The number of aryl methyl sites for hydroxylation is 1. The molecule has 0 saturated carbocycles. The third-order valence-electron chi connectivity index (χ3n) is 5.92. The van der Waals surface area contributed by atoms with Crippen LogP contribution in [0.1, 0.15) is 42.6 Å². The minimum Gasteiger partial charge on any atom is -0.495 e. The maximum absolute atomic E-state index is 13.4. The van der Waals surface area contributed by atoms with Crippen molar-refractivity contribution < 1.29 is 19.0 Å². The first kappa shape index (κ1) is 22.7. The maximum Gasteiger partial charge on any atom is 0.250 e. The highest BCUT2D eigenvalue weighted by Gasteiger charge is 2.33. The van der Waals surface area contributed by atoms with E-state index in [1.807, 2.05) is 42.0 Å². The van der Waals surface area contributed by atoms with Crippen LogP contribution in [0.4, 0.5) is 4.39 Å². The third kappa shape index (κ3) is 4.83. The van der Waals surface area contributed by atoms with Crippen molar-refractivity contribution in [2.24, 2.45) is 0 Å². The maximum atomic E-state index is 13.4. The number of aromatic nitrogens is 2. The number of imidazole rings is 1. The first-order valence-electron chi connectivity index (χ1n) is 11.0. The predicted octanol–water partition coefficient (Wildman–Crippen LogP) is 4.46. The Bertz CT molecular complexity index is 1170. The summed E-state index contributed by atoms with van der Waals surface area (Å²) in [5, 5.41) is 10.5. The molecule has 2 atom stereocenters. The molecule has 6 nitrogen and oxygen atoms in total. The van der Waals surface area contributed by atoms with Gasteiger partial charge in [-0.15, -0.1) is 0 Å². The van der Waals surface area contributed by atoms with Gasteiger partial charge in [0.1, 0.15) is 11.6 Å². The van der Waals surface area contributed by atoms with Gasteiger partial charge in [0.25, 0.3) is 0 Å².